The third-order valence-electron chi connectivity index (χ3n) is 3.97. The SMILES string of the molecule is Cn1cc(C(=O)N2CCN(C(=O)c3ccc(F)c(F)c3)CC2)cn1. The fraction of sp³-hybridized carbons (Fsp3) is 0.312. The summed E-state index contributed by atoms with van der Waals surface area (Å²) in [5.74, 6) is -2.55. The van der Waals surface area contributed by atoms with Gasteiger partial charge in [0.15, 0.2) is 11.6 Å². The van der Waals surface area contributed by atoms with Crippen molar-refractivity contribution in [2.45, 2.75) is 0 Å². The molecule has 1 aliphatic heterocycles. The van der Waals surface area contributed by atoms with Crippen LogP contribution in [0.1, 0.15) is 20.7 Å². The lowest BCUT2D eigenvalue weighted by molar-refractivity contribution is 0.0535. The molecule has 1 aromatic heterocycles. The third kappa shape index (κ3) is 3.12. The highest BCUT2D eigenvalue weighted by molar-refractivity contribution is 5.95. The topological polar surface area (TPSA) is 58.4 Å². The molecule has 0 saturated carbocycles. The molecule has 2 amide bonds. The smallest absolute Gasteiger partial charge is 0.257 e. The van der Waals surface area contributed by atoms with Crippen molar-refractivity contribution in [2.75, 3.05) is 26.2 Å². The molecule has 126 valence electrons. The van der Waals surface area contributed by atoms with Gasteiger partial charge in [-0.1, -0.05) is 0 Å². The lowest BCUT2D eigenvalue weighted by Gasteiger charge is -2.34. The standard InChI is InChI=1S/C16H16F2N4O2/c1-20-10-12(9-19-20)16(24)22-6-4-21(5-7-22)15(23)11-2-3-13(17)14(18)8-11/h2-3,8-10H,4-7H2,1H3. The Morgan fingerprint density at radius 3 is 2.04 bits per heavy atom. The van der Waals surface area contributed by atoms with Crippen molar-refractivity contribution in [1.29, 1.82) is 0 Å². The zero-order valence-corrected chi connectivity index (χ0v) is 13.1. The molecule has 0 aliphatic carbocycles. The lowest BCUT2D eigenvalue weighted by Crippen LogP contribution is -2.50. The second-order valence-corrected chi connectivity index (χ2v) is 5.62. The molecule has 1 saturated heterocycles. The van der Waals surface area contributed by atoms with E-state index >= 15 is 0 Å². The highest BCUT2D eigenvalue weighted by Crippen LogP contribution is 2.14. The van der Waals surface area contributed by atoms with Crippen LogP contribution in [-0.2, 0) is 7.05 Å². The van der Waals surface area contributed by atoms with Crippen LogP contribution in [0.3, 0.4) is 0 Å². The first-order valence-corrected chi connectivity index (χ1v) is 7.48. The molecular weight excluding hydrogens is 318 g/mol. The molecule has 0 spiro atoms. The van der Waals surface area contributed by atoms with Gasteiger partial charge in [-0.05, 0) is 18.2 Å². The van der Waals surface area contributed by atoms with Crippen LogP contribution in [0, 0.1) is 11.6 Å². The van der Waals surface area contributed by atoms with Crippen molar-refractivity contribution in [3.8, 4) is 0 Å². The molecule has 0 atom stereocenters. The van der Waals surface area contributed by atoms with Crippen LogP contribution in [0.15, 0.2) is 30.6 Å². The number of piperazine rings is 1. The van der Waals surface area contributed by atoms with Crippen molar-refractivity contribution in [3.63, 3.8) is 0 Å². The average Bonchev–Trinajstić information content (AvgIpc) is 3.02. The molecule has 8 heteroatoms. The average molecular weight is 334 g/mol. The number of carbonyl (C=O) groups is 2. The number of hydrogen-bond acceptors (Lipinski definition) is 3. The van der Waals surface area contributed by atoms with Gasteiger partial charge in [-0.2, -0.15) is 5.10 Å². The summed E-state index contributed by atoms with van der Waals surface area (Å²) in [6, 6.07) is 3.09. The van der Waals surface area contributed by atoms with Crippen LogP contribution in [0.5, 0.6) is 0 Å². The van der Waals surface area contributed by atoms with E-state index in [1.165, 1.54) is 17.2 Å². The van der Waals surface area contributed by atoms with Gasteiger partial charge in [0.1, 0.15) is 0 Å². The third-order valence-corrected chi connectivity index (χ3v) is 3.97. The van der Waals surface area contributed by atoms with Gasteiger partial charge in [0.25, 0.3) is 11.8 Å². The van der Waals surface area contributed by atoms with Crippen molar-refractivity contribution >= 4 is 11.8 Å². The lowest BCUT2D eigenvalue weighted by atomic mass is 10.1. The summed E-state index contributed by atoms with van der Waals surface area (Å²) in [5.41, 5.74) is 0.596. The molecule has 3 rings (SSSR count). The molecule has 0 radical (unpaired) electrons. The highest BCUT2D eigenvalue weighted by atomic mass is 19.2. The predicted molar refractivity (Wildman–Crippen MR) is 81.4 cm³/mol. The Morgan fingerprint density at radius 1 is 0.958 bits per heavy atom. The first-order valence-electron chi connectivity index (χ1n) is 7.48. The van der Waals surface area contributed by atoms with Crippen LogP contribution in [0.4, 0.5) is 8.78 Å². The first kappa shape index (κ1) is 16.1. The van der Waals surface area contributed by atoms with Crippen LogP contribution in [0.25, 0.3) is 0 Å². The molecule has 24 heavy (non-hydrogen) atoms. The Kier molecular flexibility index (Phi) is 4.28. The molecular formula is C16H16F2N4O2. The van der Waals surface area contributed by atoms with Crippen LogP contribution in [0.2, 0.25) is 0 Å². The Hall–Kier alpha value is -2.77. The number of carbonyl (C=O) groups excluding carboxylic acids is 2. The van der Waals surface area contributed by atoms with Crippen LogP contribution >= 0.6 is 0 Å². The Morgan fingerprint density at radius 2 is 1.54 bits per heavy atom. The quantitative estimate of drug-likeness (QED) is 0.832. The summed E-state index contributed by atoms with van der Waals surface area (Å²) in [5, 5.41) is 3.97. The summed E-state index contributed by atoms with van der Waals surface area (Å²) in [6.07, 6.45) is 3.14. The monoisotopic (exact) mass is 334 g/mol. The predicted octanol–water partition coefficient (Wildman–Crippen LogP) is 1.30. The number of aromatic nitrogens is 2. The van der Waals surface area contributed by atoms with E-state index in [0.29, 0.717) is 31.7 Å². The van der Waals surface area contributed by atoms with E-state index in [2.05, 4.69) is 5.10 Å². The minimum absolute atomic E-state index is 0.0981. The van der Waals surface area contributed by atoms with Crippen molar-refractivity contribution in [3.05, 3.63) is 53.4 Å². The van der Waals surface area contributed by atoms with E-state index in [1.807, 2.05) is 0 Å². The van der Waals surface area contributed by atoms with Gasteiger partial charge in [0.05, 0.1) is 11.8 Å². The molecule has 0 unspecified atom stereocenters. The normalized spacial score (nSPS) is 14.8. The zero-order chi connectivity index (χ0) is 17.3. The van der Waals surface area contributed by atoms with Gasteiger partial charge in [-0.25, -0.2) is 8.78 Å². The van der Waals surface area contributed by atoms with Gasteiger partial charge >= 0.3 is 0 Å². The maximum absolute atomic E-state index is 13.3. The number of hydrogen-bond donors (Lipinski definition) is 0. The molecule has 1 fully saturated rings. The summed E-state index contributed by atoms with van der Waals surface area (Å²) in [7, 11) is 1.73. The number of amides is 2. The summed E-state index contributed by atoms with van der Waals surface area (Å²) in [6.45, 7) is 1.43. The maximum Gasteiger partial charge on any atom is 0.257 e. The zero-order valence-electron chi connectivity index (χ0n) is 13.1. The molecule has 2 aromatic rings. The van der Waals surface area contributed by atoms with E-state index in [9.17, 15) is 18.4 Å². The molecule has 2 heterocycles. The number of benzene rings is 1. The highest BCUT2D eigenvalue weighted by Gasteiger charge is 2.26. The van der Waals surface area contributed by atoms with Crippen LogP contribution < -0.4 is 0 Å². The van der Waals surface area contributed by atoms with E-state index < -0.39 is 11.6 Å². The number of halogens is 2. The van der Waals surface area contributed by atoms with Gasteiger partial charge < -0.3 is 9.80 Å². The fourth-order valence-electron chi connectivity index (χ4n) is 2.64. The summed E-state index contributed by atoms with van der Waals surface area (Å²) >= 11 is 0. The van der Waals surface area contributed by atoms with E-state index in [1.54, 1.807) is 22.8 Å². The molecule has 1 aliphatic rings. The van der Waals surface area contributed by atoms with Crippen LogP contribution in [-0.4, -0.2) is 57.6 Å². The maximum atomic E-state index is 13.3. The van der Waals surface area contributed by atoms with Gasteiger partial charge in [0.2, 0.25) is 0 Å². The molecule has 6 nitrogen and oxygen atoms in total. The van der Waals surface area contributed by atoms with Gasteiger partial charge in [0, 0.05) is 45.0 Å². The second-order valence-electron chi connectivity index (χ2n) is 5.62. The number of rotatable bonds is 2. The molecule has 0 N–H and O–H groups in total. The Balaban J connectivity index is 1.63. The molecule has 0 bridgehead atoms. The minimum Gasteiger partial charge on any atom is -0.335 e. The summed E-state index contributed by atoms with van der Waals surface area (Å²) in [4.78, 5) is 27.8. The van der Waals surface area contributed by atoms with Gasteiger partial charge in [-0.3, -0.25) is 14.3 Å². The number of aryl methyl sites for hydroxylation is 1. The second kappa shape index (κ2) is 6.38. The Bertz CT molecular complexity index is 782. The summed E-state index contributed by atoms with van der Waals surface area (Å²) < 4.78 is 27.8. The van der Waals surface area contributed by atoms with E-state index in [4.69, 9.17) is 0 Å². The van der Waals surface area contributed by atoms with E-state index in [0.717, 1.165) is 12.1 Å². The van der Waals surface area contributed by atoms with Gasteiger partial charge in [-0.15, -0.1) is 0 Å². The fourth-order valence-corrected chi connectivity index (χ4v) is 2.64. The number of nitrogens with zero attached hydrogens (tertiary/aromatic N) is 4. The van der Waals surface area contributed by atoms with Crippen molar-refractivity contribution in [2.24, 2.45) is 7.05 Å². The largest absolute Gasteiger partial charge is 0.335 e. The first-order chi connectivity index (χ1) is 11.5. The van der Waals surface area contributed by atoms with E-state index in [-0.39, 0.29) is 17.4 Å². The van der Waals surface area contributed by atoms with Crippen molar-refractivity contribution in [1.82, 2.24) is 19.6 Å². The van der Waals surface area contributed by atoms with Crippen molar-refractivity contribution < 1.29 is 18.4 Å². The minimum atomic E-state index is -1.05. The Labute approximate surface area is 137 Å². The molecule has 1 aromatic carbocycles.